The molecular weight excluding hydrogens is 398 g/mol. The Hall–Kier alpha value is -2.95. The lowest BCUT2D eigenvalue weighted by molar-refractivity contribution is -0.130. The minimum atomic E-state index is -0.442. The van der Waals surface area contributed by atoms with Crippen molar-refractivity contribution in [2.45, 2.75) is 71.4 Å². The average Bonchev–Trinajstić information content (AvgIpc) is 2.74. The van der Waals surface area contributed by atoms with E-state index in [-0.39, 0.29) is 23.5 Å². The molecule has 0 fully saturated rings. The Bertz CT molecular complexity index is 983. The largest absolute Gasteiger partial charge is 0.369 e. The SMILES string of the molecule is CC(=O)CC(CCc1cccc(CN2C(=O)C[C@@](C)(C(C)C)N=C2N)c1)c1ccccc1. The molecule has 0 saturated carbocycles. The maximum Gasteiger partial charge on any atom is 0.232 e. The summed E-state index contributed by atoms with van der Waals surface area (Å²) in [5, 5.41) is 0. The van der Waals surface area contributed by atoms with E-state index < -0.39 is 5.54 Å². The van der Waals surface area contributed by atoms with Crippen LogP contribution < -0.4 is 5.73 Å². The van der Waals surface area contributed by atoms with Crippen LogP contribution in [0.5, 0.6) is 0 Å². The summed E-state index contributed by atoms with van der Waals surface area (Å²) >= 11 is 0. The van der Waals surface area contributed by atoms with Gasteiger partial charge in [-0.25, -0.2) is 4.99 Å². The zero-order valence-corrected chi connectivity index (χ0v) is 19.7. The second-order valence-corrected chi connectivity index (χ2v) is 9.51. The zero-order valence-electron chi connectivity index (χ0n) is 19.7. The van der Waals surface area contributed by atoms with E-state index >= 15 is 0 Å². The Morgan fingerprint density at radius 2 is 1.81 bits per heavy atom. The van der Waals surface area contributed by atoms with Crippen LogP contribution >= 0.6 is 0 Å². The van der Waals surface area contributed by atoms with Crippen LogP contribution in [0.3, 0.4) is 0 Å². The van der Waals surface area contributed by atoms with Gasteiger partial charge in [0.1, 0.15) is 5.78 Å². The predicted molar refractivity (Wildman–Crippen MR) is 129 cm³/mol. The first-order valence-electron chi connectivity index (χ1n) is 11.5. The monoisotopic (exact) mass is 433 g/mol. The molecule has 2 aromatic rings. The molecule has 0 radical (unpaired) electrons. The highest BCUT2D eigenvalue weighted by Gasteiger charge is 2.38. The number of hydrogen-bond acceptors (Lipinski definition) is 4. The number of ketones is 1. The first-order chi connectivity index (χ1) is 15.2. The van der Waals surface area contributed by atoms with Gasteiger partial charge in [0, 0.05) is 6.42 Å². The number of aliphatic imine (C=N–C) groups is 1. The fraction of sp³-hybridized carbons (Fsp3) is 0.444. The van der Waals surface area contributed by atoms with Gasteiger partial charge in [-0.2, -0.15) is 0 Å². The number of carbonyl (C=O) groups is 2. The summed E-state index contributed by atoms with van der Waals surface area (Å²) in [5.74, 6) is 0.970. The third-order valence-electron chi connectivity index (χ3n) is 6.62. The number of amides is 1. The van der Waals surface area contributed by atoms with Crippen molar-refractivity contribution in [1.82, 2.24) is 4.90 Å². The lowest BCUT2D eigenvalue weighted by Gasteiger charge is -2.37. The molecule has 0 aromatic heterocycles. The fourth-order valence-electron chi connectivity index (χ4n) is 4.26. The maximum absolute atomic E-state index is 12.8. The molecule has 1 aliphatic heterocycles. The lowest BCUT2D eigenvalue weighted by atomic mass is 9.84. The van der Waals surface area contributed by atoms with E-state index in [1.807, 2.05) is 37.3 Å². The third-order valence-corrected chi connectivity index (χ3v) is 6.62. The number of Topliss-reactive ketones (excluding diaryl/α,β-unsaturated/α-hetero) is 1. The van der Waals surface area contributed by atoms with Crippen LogP contribution in [0, 0.1) is 5.92 Å². The highest BCUT2D eigenvalue weighted by atomic mass is 16.2. The molecule has 1 heterocycles. The highest BCUT2D eigenvalue weighted by Crippen LogP contribution is 2.30. The van der Waals surface area contributed by atoms with Gasteiger partial charge in [-0.1, -0.05) is 68.4 Å². The molecule has 32 heavy (non-hydrogen) atoms. The van der Waals surface area contributed by atoms with Crippen LogP contribution in [0.1, 0.15) is 69.6 Å². The van der Waals surface area contributed by atoms with Gasteiger partial charge in [0.05, 0.1) is 18.5 Å². The second-order valence-electron chi connectivity index (χ2n) is 9.51. The fourth-order valence-corrected chi connectivity index (χ4v) is 4.26. The van der Waals surface area contributed by atoms with Crippen LogP contribution in [0.15, 0.2) is 59.6 Å². The Balaban J connectivity index is 1.70. The molecule has 1 aliphatic rings. The summed E-state index contributed by atoms with van der Waals surface area (Å²) in [6.45, 7) is 8.20. The molecule has 5 nitrogen and oxygen atoms in total. The Morgan fingerprint density at radius 1 is 1.12 bits per heavy atom. The van der Waals surface area contributed by atoms with Crippen LogP contribution in [0.25, 0.3) is 0 Å². The normalized spacial score (nSPS) is 19.7. The number of guanidine groups is 1. The minimum absolute atomic E-state index is 0.0182. The molecule has 0 aliphatic carbocycles. The molecular formula is C27H35N3O2. The van der Waals surface area contributed by atoms with E-state index in [0.717, 1.165) is 18.4 Å². The molecule has 0 saturated heterocycles. The number of nitrogens with zero attached hydrogens (tertiary/aromatic N) is 2. The number of nitrogens with two attached hydrogens (primary N) is 1. The lowest BCUT2D eigenvalue weighted by Crippen LogP contribution is -2.51. The molecule has 2 N–H and O–H groups in total. The highest BCUT2D eigenvalue weighted by molar-refractivity contribution is 5.99. The van der Waals surface area contributed by atoms with Gasteiger partial charge in [0.25, 0.3) is 0 Å². The van der Waals surface area contributed by atoms with E-state index in [1.165, 1.54) is 11.1 Å². The quantitative estimate of drug-likeness (QED) is 0.614. The summed E-state index contributed by atoms with van der Waals surface area (Å²) in [6, 6.07) is 18.5. The summed E-state index contributed by atoms with van der Waals surface area (Å²) in [7, 11) is 0. The van der Waals surface area contributed by atoms with Crippen molar-refractivity contribution in [3.63, 3.8) is 0 Å². The van der Waals surface area contributed by atoms with Gasteiger partial charge in [-0.05, 0) is 55.2 Å². The van der Waals surface area contributed by atoms with Crippen molar-refractivity contribution in [3.8, 4) is 0 Å². The van der Waals surface area contributed by atoms with Crippen LogP contribution in [0.2, 0.25) is 0 Å². The zero-order chi connectivity index (χ0) is 23.3. The van der Waals surface area contributed by atoms with E-state index in [1.54, 1.807) is 11.8 Å². The van der Waals surface area contributed by atoms with E-state index in [4.69, 9.17) is 5.73 Å². The van der Waals surface area contributed by atoms with Crippen molar-refractivity contribution in [1.29, 1.82) is 0 Å². The van der Waals surface area contributed by atoms with Gasteiger partial charge in [-0.3, -0.25) is 9.69 Å². The number of carbonyl (C=O) groups excluding carboxylic acids is 2. The molecule has 170 valence electrons. The van der Waals surface area contributed by atoms with E-state index in [2.05, 4.69) is 43.1 Å². The Kier molecular flexibility index (Phi) is 7.49. The molecule has 0 bridgehead atoms. The Morgan fingerprint density at radius 3 is 2.44 bits per heavy atom. The van der Waals surface area contributed by atoms with Gasteiger partial charge >= 0.3 is 0 Å². The van der Waals surface area contributed by atoms with Crippen molar-refractivity contribution >= 4 is 17.6 Å². The van der Waals surface area contributed by atoms with Crippen molar-refractivity contribution < 1.29 is 9.59 Å². The van der Waals surface area contributed by atoms with Gasteiger partial charge in [-0.15, -0.1) is 0 Å². The molecule has 1 unspecified atom stereocenters. The van der Waals surface area contributed by atoms with E-state index in [0.29, 0.717) is 25.3 Å². The standard InChI is InChI=1S/C27H35N3O2/c1-19(2)27(4)17-25(32)30(26(28)29-27)18-22-10-8-9-21(16-22)13-14-24(15-20(3)31)23-11-6-5-7-12-23/h5-12,16,19,24H,13-15,17-18H2,1-4H3,(H2,28,29)/t24?,27-/m0/s1. The summed E-state index contributed by atoms with van der Waals surface area (Å²) in [4.78, 5) is 30.9. The van der Waals surface area contributed by atoms with E-state index in [9.17, 15) is 9.59 Å². The number of benzene rings is 2. The van der Waals surface area contributed by atoms with Crippen LogP contribution in [0.4, 0.5) is 0 Å². The number of rotatable bonds is 9. The molecule has 0 spiro atoms. The van der Waals surface area contributed by atoms with Crippen molar-refractivity contribution in [2.24, 2.45) is 16.6 Å². The number of hydrogen-bond donors (Lipinski definition) is 1. The first-order valence-corrected chi connectivity index (χ1v) is 11.5. The van der Waals surface area contributed by atoms with Gasteiger partial charge < -0.3 is 10.5 Å². The molecule has 2 atom stereocenters. The predicted octanol–water partition coefficient (Wildman–Crippen LogP) is 4.84. The number of aryl methyl sites for hydroxylation is 1. The molecule has 1 amide bonds. The Labute approximate surface area is 191 Å². The molecule has 2 aromatic carbocycles. The van der Waals surface area contributed by atoms with Crippen molar-refractivity contribution in [3.05, 3.63) is 71.3 Å². The average molecular weight is 434 g/mol. The summed E-state index contributed by atoms with van der Waals surface area (Å²) in [6.07, 6.45) is 2.68. The smallest absolute Gasteiger partial charge is 0.232 e. The van der Waals surface area contributed by atoms with Crippen LogP contribution in [-0.4, -0.2) is 28.1 Å². The first kappa shape index (κ1) is 23.7. The van der Waals surface area contributed by atoms with Crippen LogP contribution in [-0.2, 0) is 22.6 Å². The van der Waals surface area contributed by atoms with Gasteiger partial charge in [0.2, 0.25) is 5.91 Å². The maximum atomic E-state index is 12.8. The summed E-state index contributed by atoms with van der Waals surface area (Å²) in [5.41, 5.74) is 9.19. The second kappa shape index (κ2) is 10.1. The van der Waals surface area contributed by atoms with Crippen molar-refractivity contribution in [2.75, 3.05) is 0 Å². The topological polar surface area (TPSA) is 75.8 Å². The summed E-state index contributed by atoms with van der Waals surface area (Å²) < 4.78 is 0. The third kappa shape index (κ3) is 5.84. The molecule has 3 rings (SSSR count). The van der Waals surface area contributed by atoms with Gasteiger partial charge in [0.15, 0.2) is 5.96 Å². The molecule has 5 heteroatoms. The minimum Gasteiger partial charge on any atom is -0.369 e.